The van der Waals surface area contributed by atoms with Crippen LogP contribution in [0.15, 0.2) is 59.5 Å². The highest BCUT2D eigenvalue weighted by Gasteiger charge is 2.69. The molecule has 0 spiro atoms. The van der Waals surface area contributed by atoms with E-state index in [1.165, 1.54) is 28.2 Å². The number of sulfonamides is 1. The molecule has 148 valence electrons. The van der Waals surface area contributed by atoms with Crippen molar-refractivity contribution in [1.29, 1.82) is 0 Å². The fourth-order valence-electron chi connectivity index (χ4n) is 2.53. The van der Waals surface area contributed by atoms with Crippen LogP contribution in [0.25, 0.3) is 0 Å². The molecule has 0 bridgehead atoms. The summed E-state index contributed by atoms with van der Waals surface area (Å²) in [5.74, 6) is -2.67. The molecule has 2 aromatic rings. The summed E-state index contributed by atoms with van der Waals surface area (Å²) >= 11 is 0. The molecule has 0 saturated carbocycles. The number of rotatable bonds is 4. The maximum absolute atomic E-state index is 13.8. The molecule has 2 N–H and O–H groups in total. The van der Waals surface area contributed by atoms with Gasteiger partial charge < -0.3 is 5.32 Å². The normalized spacial score (nSPS) is 20.4. The van der Waals surface area contributed by atoms with Crippen LogP contribution in [0.3, 0.4) is 0 Å². The van der Waals surface area contributed by atoms with Crippen LogP contribution in [-0.4, -0.2) is 32.2 Å². The molecule has 1 aliphatic rings. The van der Waals surface area contributed by atoms with E-state index in [-0.39, 0.29) is 10.6 Å². The van der Waals surface area contributed by atoms with E-state index in [0.717, 1.165) is 36.4 Å². The summed E-state index contributed by atoms with van der Waals surface area (Å²) in [5, 5.41) is 1.37. The van der Waals surface area contributed by atoms with Gasteiger partial charge in [-0.05, 0) is 36.4 Å². The molecule has 0 unspecified atom stereocenters. The van der Waals surface area contributed by atoms with Crippen LogP contribution in [0.1, 0.15) is 0 Å². The molecule has 0 radical (unpaired) electrons. The first-order valence-electron chi connectivity index (χ1n) is 7.56. The molecular formula is C16H11F4N3O4S. The first-order chi connectivity index (χ1) is 13.0. The van der Waals surface area contributed by atoms with Gasteiger partial charge in [-0.15, -0.1) is 0 Å². The van der Waals surface area contributed by atoms with Crippen molar-refractivity contribution in [2.75, 3.05) is 4.90 Å². The zero-order valence-corrected chi connectivity index (χ0v) is 14.5. The Hall–Kier alpha value is -2.99. The third-order valence-corrected chi connectivity index (χ3v) is 5.34. The van der Waals surface area contributed by atoms with Gasteiger partial charge in [-0.1, -0.05) is 18.2 Å². The number of carbonyl (C=O) groups excluding carboxylic acids is 2. The Kier molecular flexibility index (Phi) is 4.63. The molecule has 1 atom stereocenters. The fraction of sp³-hybridized carbons (Fsp3) is 0.125. The second-order valence-corrected chi connectivity index (χ2v) is 7.40. The summed E-state index contributed by atoms with van der Waals surface area (Å²) in [6.07, 6.45) is -5.52. The Morgan fingerprint density at radius 3 is 2.07 bits per heavy atom. The lowest BCUT2D eigenvalue weighted by Gasteiger charge is -2.29. The second-order valence-electron chi connectivity index (χ2n) is 5.71. The van der Waals surface area contributed by atoms with E-state index in [1.54, 1.807) is 0 Å². The van der Waals surface area contributed by atoms with Crippen molar-refractivity contribution in [3.63, 3.8) is 0 Å². The number of alkyl halides is 3. The first kappa shape index (κ1) is 19.8. The third-order valence-electron chi connectivity index (χ3n) is 3.87. The zero-order chi connectivity index (χ0) is 20.7. The van der Waals surface area contributed by atoms with Gasteiger partial charge in [0.25, 0.3) is 11.6 Å². The van der Waals surface area contributed by atoms with Gasteiger partial charge in [0.1, 0.15) is 5.82 Å². The van der Waals surface area contributed by atoms with Gasteiger partial charge in [-0.3, -0.25) is 4.79 Å². The zero-order valence-electron chi connectivity index (χ0n) is 13.7. The van der Waals surface area contributed by atoms with Gasteiger partial charge in [-0.2, -0.15) is 17.9 Å². The van der Waals surface area contributed by atoms with Gasteiger partial charge in [-0.25, -0.2) is 22.5 Å². The van der Waals surface area contributed by atoms with Crippen molar-refractivity contribution >= 4 is 27.6 Å². The van der Waals surface area contributed by atoms with Gasteiger partial charge in [0, 0.05) is 0 Å². The SMILES string of the molecule is O=C1N[C@@](NS(=O)(=O)c2ccccc2)(C(F)(F)F)C(=O)N1c1ccc(F)cc1. The van der Waals surface area contributed by atoms with Gasteiger partial charge in [0.2, 0.25) is 10.0 Å². The minimum Gasteiger partial charge on any atom is -0.302 e. The van der Waals surface area contributed by atoms with E-state index < -0.39 is 44.5 Å². The molecule has 2 aromatic carbocycles. The average molecular weight is 417 g/mol. The standard InChI is InChI=1S/C16H11F4N3O4S/c17-10-6-8-11(9-7-10)23-13(24)15(16(18,19)20,21-14(23)25)22-28(26,27)12-4-2-1-3-5-12/h1-9,22H,(H,21,25)/t15-/m0/s1. The predicted octanol–water partition coefficient (Wildman–Crippen LogP) is 2.12. The minimum atomic E-state index is -5.52. The lowest BCUT2D eigenvalue weighted by molar-refractivity contribution is -0.194. The summed E-state index contributed by atoms with van der Waals surface area (Å²) in [7, 11) is -4.85. The van der Waals surface area contributed by atoms with E-state index in [2.05, 4.69) is 0 Å². The lowest BCUT2D eigenvalue weighted by Crippen LogP contribution is -2.69. The Morgan fingerprint density at radius 1 is 0.964 bits per heavy atom. The van der Waals surface area contributed by atoms with Crippen molar-refractivity contribution in [2.45, 2.75) is 16.7 Å². The summed E-state index contributed by atoms with van der Waals surface area (Å²) < 4.78 is 80.5. The number of halogens is 4. The highest BCUT2D eigenvalue weighted by atomic mass is 32.2. The van der Waals surface area contributed by atoms with E-state index >= 15 is 0 Å². The van der Waals surface area contributed by atoms with E-state index in [9.17, 15) is 35.6 Å². The number of imide groups is 1. The molecule has 3 rings (SSSR count). The molecule has 0 aromatic heterocycles. The Morgan fingerprint density at radius 2 is 1.54 bits per heavy atom. The maximum atomic E-state index is 13.8. The third kappa shape index (κ3) is 3.20. The predicted molar refractivity (Wildman–Crippen MR) is 88.0 cm³/mol. The van der Waals surface area contributed by atoms with Crippen molar-refractivity contribution in [1.82, 2.24) is 10.0 Å². The number of urea groups is 1. The second kappa shape index (κ2) is 6.56. The maximum Gasteiger partial charge on any atom is 0.435 e. The highest BCUT2D eigenvalue weighted by Crippen LogP contribution is 2.36. The summed E-state index contributed by atoms with van der Waals surface area (Å²) in [5.41, 5.74) is -4.29. The Balaban J connectivity index is 2.07. The molecule has 12 heteroatoms. The van der Waals surface area contributed by atoms with Crippen LogP contribution in [0.2, 0.25) is 0 Å². The van der Waals surface area contributed by atoms with Gasteiger partial charge in [0.05, 0.1) is 10.6 Å². The molecule has 0 aliphatic carbocycles. The number of nitrogens with zero attached hydrogens (tertiary/aromatic N) is 1. The molecule has 7 nitrogen and oxygen atoms in total. The molecule has 1 heterocycles. The van der Waals surface area contributed by atoms with Crippen molar-refractivity contribution in [3.05, 3.63) is 60.4 Å². The van der Waals surface area contributed by atoms with Crippen LogP contribution in [0, 0.1) is 5.82 Å². The Labute approximate surface area is 156 Å². The quantitative estimate of drug-likeness (QED) is 0.589. The number of nitrogens with one attached hydrogen (secondary N) is 2. The first-order valence-corrected chi connectivity index (χ1v) is 9.04. The van der Waals surface area contributed by atoms with E-state index in [1.807, 2.05) is 0 Å². The van der Waals surface area contributed by atoms with E-state index in [0.29, 0.717) is 0 Å². The Bertz CT molecular complexity index is 1030. The highest BCUT2D eigenvalue weighted by molar-refractivity contribution is 7.89. The molecule has 1 saturated heterocycles. The monoisotopic (exact) mass is 417 g/mol. The van der Waals surface area contributed by atoms with Crippen molar-refractivity contribution in [2.24, 2.45) is 0 Å². The number of benzene rings is 2. The summed E-state index contributed by atoms with van der Waals surface area (Å²) in [6.45, 7) is 0. The van der Waals surface area contributed by atoms with E-state index in [4.69, 9.17) is 0 Å². The molecular weight excluding hydrogens is 406 g/mol. The number of anilines is 1. The van der Waals surface area contributed by atoms with Crippen LogP contribution in [0.4, 0.5) is 28.0 Å². The van der Waals surface area contributed by atoms with Gasteiger partial charge in [0.15, 0.2) is 0 Å². The number of hydrogen-bond acceptors (Lipinski definition) is 4. The smallest absolute Gasteiger partial charge is 0.302 e. The molecule has 3 amide bonds. The molecule has 28 heavy (non-hydrogen) atoms. The van der Waals surface area contributed by atoms with Crippen LogP contribution >= 0.6 is 0 Å². The summed E-state index contributed by atoms with van der Waals surface area (Å²) in [6, 6.07) is 7.98. The number of amides is 3. The van der Waals surface area contributed by atoms with Gasteiger partial charge >= 0.3 is 12.2 Å². The summed E-state index contributed by atoms with van der Waals surface area (Å²) in [4.78, 5) is 24.2. The minimum absolute atomic E-state index is 0.0838. The number of hydrogen-bond donors (Lipinski definition) is 2. The van der Waals surface area contributed by atoms with Crippen LogP contribution in [-0.2, 0) is 14.8 Å². The topological polar surface area (TPSA) is 95.6 Å². The lowest BCUT2D eigenvalue weighted by atomic mass is 10.1. The number of carbonyl (C=O) groups is 2. The van der Waals surface area contributed by atoms with Crippen LogP contribution in [0.5, 0.6) is 0 Å². The fourth-order valence-corrected chi connectivity index (χ4v) is 3.82. The van der Waals surface area contributed by atoms with Crippen molar-refractivity contribution in [3.8, 4) is 0 Å². The molecule has 1 fully saturated rings. The van der Waals surface area contributed by atoms with Crippen LogP contribution < -0.4 is 14.9 Å². The largest absolute Gasteiger partial charge is 0.435 e. The average Bonchev–Trinajstić information content (AvgIpc) is 2.87. The van der Waals surface area contributed by atoms with Crippen molar-refractivity contribution < 1.29 is 35.6 Å². The molecule has 1 aliphatic heterocycles.